The minimum Gasteiger partial charge on any atom is -0.308 e. The van der Waals surface area contributed by atoms with Crippen molar-refractivity contribution in [2.24, 2.45) is 0 Å². The van der Waals surface area contributed by atoms with Gasteiger partial charge in [0.15, 0.2) is 0 Å². The van der Waals surface area contributed by atoms with Crippen molar-refractivity contribution in [3.05, 3.63) is 42.7 Å². The lowest BCUT2D eigenvalue weighted by Crippen LogP contribution is -2.20. The Morgan fingerprint density at radius 2 is 1.78 bits per heavy atom. The van der Waals surface area contributed by atoms with Gasteiger partial charge in [0.2, 0.25) is 5.95 Å². The van der Waals surface area contributed by atoms with Gasteiger partial charge < -0.3 is 5.32 Å². The molecule has 0 bridgehead atoms. The van der Waals surface area contributed by atoms with E-state index in [0.29, 0.717) is 0 Å². The average Bonchev–Trinajstić information content (AvgIpc) is 2.40. The van der Waals surface area contributed by atoms with Gasteiger partial charge >= 0.3 is 6.03 Å². The summed E-state index contributed by atoms with van der Waals surface area (Å²) >= 11 is 1.65. The number of aromatic nitrogens is 2. The van der Waals surface area contributed by atoms with Crippen LogP contribution in [0.4, 0.5) is 16.4 Å². The number of urea groups is 1. The van der Waals surface area contributed by atoms with Gasteiger partial charge in [-0.3, -0.25) is 5.32 Å². The number of carbonyl (C=O) groups excluding carboxylic acids is 1. The van der Waals surface area contributed by atoms with Crippen molar-refractivity contribution in [3.8, 4) is 0 Å². The molecule has 0 saturated carbocycles. The fraction of sp³-hybridized carbons (Fsp3) is 0.0833. The Morgan fingerprint density at radius 3 is 2.39 bits per heavy atom. The van der Waals surface area contributed by atoms with Crippen molar-refractivity contribution in [2.45, 2.75) is 4.90 Å². The second-order valence-corrected chi connectivity index (χ2v) is 4.26. The molecular formula is C12H12N4OS. The quantitative estimate of drug-likeness (QED) is 0.833. The molecule has 0 aliphatic heterocycles. The number of anilines is 2. The monoisotopic (exact) mass is 260 g/mol. The molecule has 2 N–H and O–H groups in total. The van der Waals surface area contributed by atoms with Gasteiger partial charge in [-0.1, -0.05) is 0 Å². The Hall–Kier alpha value is -2.08. The van der Waals surface area contributed by atoms with Crippen LogP contribution in [0.2, 0.25) is 0 Å². The first-order valence-corrected chi connectivity index (χ1v) is 6.49. The van der Waals surface area contributed by atoms with Crippen molar-refractivity contribution in [3.63, 3.8) is 0 Å². The predicted molar refractivity (Wildman–Crippen MR) is 72.9 cm³/mol. The van der Waals surface area contributed by atoms with Gasteiger partial charge in [-0.2, -0.15) is 0 Å². The zero-order valence-electron chi connectivity index (χ0n) is 9.75. The Balaban J connectivity index is 1.94. The van der Waals surface area contributed by atoms with E-state index in [9.17, 15) is 4.79 Å². The summed E-state index contributed by atoms with van der Waals surface area (Å²) in [5, 5.41) is 5.24. The maximum Gasteiger partial charge on any atom is 0.326 e. The van der Waals surface area contributed by atoms with Crippen LogP contribution in [-0.4, -0.2) is 22.3 Å². The van der Waals surface area contributed by atoms with Crippen molar-refractivity contribution in [2.75, 3.05) is 16.9 Å². The highest BCUT2D eigenvalue weighted by molar-refractivity contribution is 7.98. The number of hydrogen-bond acceptors (Lipinski definition) is 4. The van der Waals surface area contributed by atoms with Crippen LogP contribution in [0.1, 0.15) is 0 Å². The second-order valence-electron chi connectivity index (χ2n) is 3.38. The number of carbonyl (C=O) groups is 1. The number of rotatable bonds is 3. The number of benzene rings is 1. The smallest absolute Gasteiger partial charge is 0.308 e. The summed E-state index contributed by atoms with van der Waals surface area (Å²) in [4.78, 5) is 20.6. The zero-order valence-corrected chi connectivity index (χ0v) is 10.6. The Bertz CT molecular complexity index is 515. The molecule has 6 heteroatoms. The molecule has 0 spiro atoms. The van der Waals surface area contributed by atoms with E-state index in [2.05, 4.69) is 20.6 Å². The topological polar surface area (TPSA) is 66.9 Å². The van der Waals surface area contributed by atoms with E-state index in [4.69, 9.17) is 0 Å². The minimum absolute atomic E-state index is 0.274. The van der Waals surface area contributed by atoms with Crippen molar-refractivity contribution < 1.29 is 4.79 Å². The van der Waals surface area contributed by atoms with Crippen LogP contribution in [0.25, 0.3) is 0 Å². The van der Waals surface area contributed by atoms with Gasteiger partial charge in [0.05, 0.1) is 0 Å². The Kier molecular flexibility index (Phi) is 4.14. The highest BCUT2D eigenvalue weighted by atomic mass is 32.2. The molecule has 0 saturated heterocycles. The number of nitrogens with zero attached hydrogens (tertiary/aromatic N) is 2. The van der Waals surface area contributed by atoms with E-state index >= 15 is 0 Å². The van der Waals surface area contributed by atoms with Gasteiger partial charge in [0, 0.05) is 23.0 Å². The molecule has 0 unspecified atom stereocenters. The third-order valence-corrected chi connectivity index (χ3v) is 2.88. The highest BCUT2D eigenvalue weighted by Crippen LogP contribution is 2.17. The summed E-state index contributed by atoms with van der Waals surface area (Å²) in [6.45, 7) is 0. The maximum atomic E-state index is 11.6. The van der Waals surface area contributed by atoms with Gasteiger partial charge in [-0.25, -0.2) is 14.8 Å². The number of hydrogen-bond donors (Lipinski definition) is 2. The molecule has 2 aromatic rings. The third-order valence-electron chi connectivity index (χ3n) is 2.14. The highest BCUT2D eigenvalue weighted by Gasteiger charge is 2.03. The fourth-order valence-corrected chi connectivity index (χ4v) is 1.71. The first-order chi connectivity index (χ1) is 8.78. The minimum atomic E-state index is -0.363. The van der Waals surface area contributed by atoms with Crippen molar-refractivity contribution >= 4 is 29.4 Å². The molecule has 0 radical (unpaired) electrons. The van der Waals surface area contributed by atoms with Crippen LogP contribution >= 0.6 is 11.8 Å². The molecule has 2 amide bonds. The van der Waals surface area contributed by atoms with Crippen LogP contribution in [-0.2, 0) is 0 Å². The first kappa shape index (κ1) is 12.4. The molecule has 0 aliphatic carbocycles. The van der Waals surface area contributed by atoms with Crippen LogP contribution in [0, 0.1) is 0 Å². The van der Waals surface area contributed by atoms with Crippen LogP contribution in [0.15, 0.2) is 47.6 Å². The lowest BCUT2D eigenvalue weighted by molar-refractivity contribution is 0.262. The van der Waals surface area contributed by atoms with E-state index in [1.807, 2.05) is 30.5 Å². The lowest BCUT2D eigenvalue weighted by atomic mass is 10.3. The van der Waals surface area contributed by atoms with E-state index in [0.717, 1.165) is 10.6 Å². The number of thioether (sulfide) groups is 1. The summed E-state index contributed by atoms with van der Waals surface area (Å²) in [5.41, 5.74) is 0.723. The number of amides is 2. The summed E-state index contributed by atoms with van der Waals surface area (Å²) in [5.74, 6) is 0.274. The standard InChI is InChI=1S/C12H12N4OS/c1-18-10-5-3-9(4-6-10)15-12(17)16-11-13-7-2-8-14-11/h2-8H,1H3,(H2,13,14,15,16,17). The second kappa shape index (κ2) is 6.02. The van der Waals surface area contributed by atoms with Gasteiger partial charge in [-0.15, -0.1) is 11.8 Å². The van der Waals surface area contributed by atoms with Crippen molar-refractivity contribution in [1.29, 1.82) is 0 Å². The van der Waals surface area contributed by atoms with Crippen LogP contribution in [0.3, 0.4) is 0 Å². The first-order valence-electron chi connectivity index (χ1n) is 5.27. The Morgan fingerprint density at radius 1 is 1.11 bits per heavy atom. The van der Waals surface area contributed by atoms with Crippen LogP contribution in [0.5, 0.6) is 0 Å². The van der Waals surface area contributed by atoms with Crippen LogP contribution < -0.4 is 10.6 Å². The molecule has 1 aromatic carbocycles. The van der Waals surface area contributed by atoms with Gasteiger partial charge in [0.1, 0.15) is 0 Å². The largest absolute Gasteiger partial charge is 0.326 e. The summed E-state index contributed by atoms with van der Waals surface area (Å²) < 4.78 is 0. The third kappa shape index (κ3) is 3.46. The fourth-order valence-electron chi connectivity index (χ4n) is 1.30. The SMILES string of the molecule is CSc1ccc(NC(=O)Nc2ncccn2)cc1. The number of nitrogens with one attached hydrogen (secondary N) is 2. The molecule has 0 fully saturated rings. The molecule has 18 heavy (non-hydrogen) atoms. The average molecular weight is 260 g/mol. The molecule has 0 aliphatic rings. The maximum absolute atomic E-state index is 11.6. The molecule has 0 atom stereocenters. The molecule has 92 valence electrons. The lowest BCUT2D eigenvalue weighted by Gasteiger charge is -2.06. The normalized spacial score (nSPS) is 9.83. The van der Waals surface area contributed by atoms with E-state index in [-0.39, 0.29) is 12.0 Å². The van der Waals surface area contributed by atoms with Crippen molar-refractivity contribution in [1.82, 2.24) is 9.97 Å². The van der Waals surface area contributed by atoms with Gasteiger partial charge in [-0.05, 0) is 36.6 Å². The van der Waals surface area contributed by atoms with E-state index < -0.39 is 0 Å². The summed E-state index contributed by atoms with van der Waals surface area (Å²) in [6.07, 6.45) is 5.13. The Labute approximate surface area is 109 Å². The molecular weight excluding hydrogens is 248 g/mol. The zero-order chi connectivity index (χ0) is 12.8. The summed E-state index contributed by atoms with van der Waals surface area (Å²) in [7, 11) is 0. The molecule has 1 aromatic heterocycles. The summed E-state index contributed by atoms with van der Waals surface area (Å²) in [6, 6.07) is 8.90. The predicted octanol–water partition coefficient (Wildman–Crippen LogP) is 2.84. The van der Waals surface area contributed by atoms with Gasteiger partial charge in [0.25, 0.3) is 0 Å². The molecule has 5 nitrogen and oxygen atoms in total. The molecule has 1 heterocycles. The molecule has 2 rings (SSSR count). The van der Waals surface area contributed by atoms with E-state index in [1.54, 1.807) is 30.2 Å². The van der Waals surface area contributed by atoms with E-state index in [1.165, 1.54) is 0 Å².